The summed E-state index contributed by atoms with van der Waals surface area (Å²) in [4.78, 5) is 8.77. The van der Waals surface area contributed by atoms with Crippen LogP contribution >= 0.6 is 0 Å². The van der Waals surface area contributed by atoms with Crippen molar-refractivity contribution in [1.82, 2.24) is 0 Å². The molecule has 0 amide bonds. The standard InChI is InChI=1S/C12H22N3/c1-5-8(2)9(3)12-10(4)14-7-15-11(12)6-13/h8-9H,5-7,13H2,1-4H3/q+1/t8?,9-/m1/s1. The van der Waals surface area contributed by atoms with Crippen LogP contribution in [0.4, 0.5) is 0 Å². The fraction of sp³-hybridized carbons (Fsp3) is 0.750. The molecule has 3 heteroatoms. The summed E-state index contributed by atoms with van der Waals surface area (Å²) < 4.78 is 0. The number of aliphatic imine (C=N–C) groups is 2. The van der Waals surface area contributed by atoms with Gasteiger partial charge in [0.1, 0.15) is 12.6 Å². The van der Waals surface area contributed by atoms with Crippen molar-refractivity contribution in [3.63, 3.8) is 0 Å². The molecule has 1 unspecified atom stereocenters. The zero-order chi connectivity index (χ0) is 11.4. The quantitative estimate of drug-likeness (QED) is 0.706. The van der Waals surface area contributed by atoms with E-state index >= 15 is 0 Å². The van der Waals surface area contributed by atoms with Gasteiger partial charge in [-0.05, 0) is 19.3 Å². The normalized spacial score (nSPS) is 20.7. The molecule has 0 bridgehead atoms. The topological polar surface area (TPSA) is 50.7 Å². The molecule has 1 rings (SSSR count). The Labute approximate surface area is 92.9 Å². The summed E-state index contributed by atoms with van der Waals surface area (Å²) in [6.07, 6.45) is 1.18. The molecule has 0 saturated carbocycles. The molecule has 1 heterocycles. The van der Waals surface area contributed by atoms with Crippen LogP contribution in [-0.4, -0.2) is 24.6 Å². The van der Waals surface area contributed by atoms with Crippen LogP contribution in [0.1, 0.15) is 34.1 Å². The van der Waals surface area contributed by atoms with Crippen LogP contribution in [0.3, 0.4) is 0 Å². The fourth-order valence-electron chi connectivity index (χ4n) is 2.01. The van der Waals surface area contributed by atoms with Crippen LogP contribution in [0, 0.1) is 17.8 Å². The lowest BCUT2D eigenvalue weighted by Crippen LogP contribution is -2.36. The Balaban J connectivity index is 2.83. The first-order chi connectivity index (χ1) is 7.11. The van der Waals surface area contributed by atoms with E-state index in [1.807, 2.05) is 0 Å². The van der Waals surface area contributed by atoms with E-state index in [1.165, 1.54) is 12.3 Å². The number of rotatable bonds is 4. The van der Waals surface area contributed by atoms with Gasteiger partial charge in [0.2, 0.25) is 11.4 Å². The third-order valence-electron chi connectivity index (χ3n) is 3.42. The van der Waals surface area contributed by atoms with E-state index in [0.29, 0.717) is 25.0 Å². The first-order valence-corrected chi connectivity index (χ1v) is 5.73. The second kappa shape index (κ2) is 5.31. The van der Waals surface area contributed by atoms with Crippen LogP contribution in [0.25, 0.3) is 0 Å². The zero-order valence-corrected chi connectivity index (χ0v) is 10.2. The van der Waals surface area contributed by atoms with E-state index in [9.17, 15) is 0 Å². The predicted molar refractivity (Wildman–Crippen MR) is 66.3 cm³/mol. The van der Waals surface area contributed by atoms with Gasteiger partial charge in [0, 0.05) is 6.92 Å². The smallest absolute Gasteiger partial charge is 0.218 e. The number of nitrogens with two attached hydrogens (primary N) is 1. The fourth-order valence-corrected chi connectivity index (χ4v) is 2.01. The molecule has 84 valence electrons. The van der Waals surface area contributed by atoms with Gasteiger partial charge in [-0.15, -0.1) is 0 Å². The second-order valence-corrected chi connectivity index (χ2v) is 4.28. The van der Waals surface area contributed by atoms with Gasteiger partial charge in [-0.3, -0.25) is 0 Å². The van der Waals surface area contributed by atoms with Crippen LogP contribution in [-0.2, 0) is 0 Å². The van der Waals surface area contributed by atoms with E-state index in [0.717, 1.165) is 11.4 Å². The Bertz CT molecular complexity index is 268. The number of hydrogen-bond acceptors (Lipinski definition) is 3. The summed E-state index contributed by atoms with van der Waals surface area (Å²) in [5.74, 6) is 2.43. The molecular formula is C12H22N3+. The van der Waals surface area contributed by atoms with E-state index in [2.05, 4.69) is 37.7 Å². The van der Waals surface area contributed by atoms with Crippen molar-refractivity contribution in [2.75, 3.05) is 13.2 Å². The average Bonchev–Trinajstić information content (AvgIpc) is 2.26. The molecule has 0 aromatic rings. The maximum atomic E-state index is 5.73. The first kappa shape index (κ1) is 12.2. The lowest BCUT2D eigenvalue weighted by Gasteiger charge is -2.20. The lowest BCUT2D eigenvalue weighted by atomic mass is 9.77. The molecule has 1 aliphatic heterocycles. The molecule has 0 aromatic carbocycles. The van der Waals surface area contributed by atoms with Crippen LogP contribution in [0.2, 0.25) is 0 Å². The molecule has 0 spiro atoms. The van der Waals surface area contributed by atoms with E-state index in [4.69, 9.17) is 5.73 Å². The molecule has 0 fully saturated rings. The Kier molecular flexibility index (Phi) is 4.33. The third-order valence-corrected chi connectivity index (χ3v) is 3.42. The molecule has 0 aliphatic carbocycles. The Hall–Kier alpha value is -0.830. The zero-order valence-electron chi connectivity index (χ0n) is 10.2. The minimum absolute atomic E-state index is 0.501. The van der Waals surface area contributed by atoms with Crippen molar-refractivity contribution in [2.24, 2.45) is 27.6 Å². The van der Waals surface area contributed by atoms with Gasteiger partial charge in [0.15, 0.2) is 5.92 Å². The summed E-state index contributed by atoms with van der Waals surface area (Å²) in [6, 6.07) is 0. The van der Waals surface area contributed by atoms with Crippen molar-refractivity contribution >= 4 is 11.4 Å². The molecule has 1 aliphatic rings. The maximum absolute atomic E-state index is 5.73. The van der Waals surface area contributed by atoms with Crippen molar-refractivity contribution in [2.45, 2.75) is 34.1 Å². The summed E-state index contributed by atoms with van der Waals surface area (Å²) in [6.45, 7) is 9.89. The Morgan fingerprint density at radius 3 is 2.60 bits per heavy atom. The van der Waals surface area contributed by atoms with Gasteiger partial charge < -0.3 is 5.73 Å². The van der Waals surface area contributed by atoms with Crippen LogP contribution < -0.4 is 5.73 Å². The molecule has 0 saturated heterocycles. The lowest BCUT2D eigenvalue weighted by molar-refractivity contribution is 0.419. The molecule has 2 atom stereocenters. The van der Waals surface area contributed by atoms with Crippen molar-refractivity contribution in [3.05, 3.63) is 5.92 Å². The Morgan fingerprint density at radius 2 is 2.07 bits per heavy atom. The largest absolute Gasteiger partial charge is 0.322 e. The molecule has 15 heavy (non-hydrogen) atoms. The summed E-state index contributed by atoms with van der Waals surface area (Å²) in [5.41, 5.74) is 7.90. The van der Waals surface area contributed by atoms with Crippen LogP contribution in [0.5, 0.6) is 0 Å². The third kappa shape index (κ3) is 2.59. The SMILES string of the molecule is CCC(C)[C@@H](C)[C+]1C(C)=NCN=C1CN. The van der Waals surface area contributed by atoms with Gasteiger partial charge in [0.25, 0.3) is 0 Å². The van der Waals surface area contributed by atoms with E-state index < -0.39 is 0 Å². The number of hydrogen-bond donors (Lipinski definition) is 1. The van der Waals surface area contributed by atoms with Crippen molar-refractivity contribution in [3.8, 4) is 0 Å². The minimum atomic E-state index is 0.501. The monoisotopic (exact) mass is 208 g/mol. The average molecular weight is 208 g/mol. The molecule has 3 nitrogen and oxygen atoms in total. The summed E-state index contributed by atoms with van der Waals surface area (Å²) in [5, 5.41) is 0. The van der Waals surface area contributed by atoms with Gasteiger partial charge in [-0.25, -0.2) is 9.98 Å². The van der Waals surface area contributed by atoms with Crippen molar-refractivity contribution in [1.29, 1.82) is 0 Å². The van der Waals surface area contributed by atoms with Gasteiger partial charge in [0.05, 0.1) is 6.54 Å². The van der Waals surface area contributed by atoms with Gasteiger partial charge >= 0.3 is 0 Å². The number of nitrogens with zero attached hydrogens (tertiary/aromatic N) is 2. The highest BCUT2D eigenvalue weighted by Gasteiger charge is 2.41. The minimum Gasteiger partial charge on any atom is -0.322 e. The molecule has 0 radical (unpaired) electrons. The Morgan fingerprint density at radius 1 is 1.40 bits per heavy atom. The van der Waals surface area contributed by atoms with Gasteiger partial charge in [-0.2, -0.15) is 0 Å². The predicted octanol–water partition coefficient (Wildman–Crippen LogP) is 2.07. The van der Waals surface area contributed by atoms with Gasteiger partial charge in [-0.1, -0.05) is 13.8 Å². The maximum Gasteiger partial charge on any atom is 0.218 e. The molecular weight excluding hydrogens is 186 g/mol. The summed E-state index contributed by atoms with van der Waals surface area (Å²) in [7, 11) is 0. The van der Waals surface area contributed by atoms with Crippen molar-refractivity contribution < 1.29 is 0 Å². The highest BCUT2D eigenvalue weighted by atomic mass is 15.0. The highest BCUT2D eigenvalue weighted by Crippen LogP contribution is 2.28. The second-order valence-electron chi connectivity index (χ2n) is 4.28. The first-order valence-electron chi connectivity index (χ1n) is 5.73. The van der Waals surface area contributed by atoms with Crippen LogP contribution in [0.15, 0.2) is 9.98 Å². The molecule has 2 N–H and O–H groups in total. The van der Waals surface area contributed by atoms with E-state index in [-0.39, 0.29) is 0 Å². The van der Waals surface area contributed by atoms with E-state index in [1.54, 1.807) is 0 Å². The molecule has 0 aromatic heterocycles. The summed E-state index contributed by atoms with van der Waals surface area (Å²) >= 11 is 0. The highest BCUT2D eigenvalue weighted by molar-refractivity contribution is 6.21.